The van der Waals surface area contributed by atoms with Crippen LogP contribution in [0.3, 0.4) is 0 Å². The van der Waals surface area contributed by atoms with Crippen LogP contribution in [0.1, 0.15) is 116 Å². The number of benzene rings is 4. The van der Waals surface area contributed by atoms with Gasteiger partial charge >= 0.3 is 35.8 Å². The topological polar surface area (TPSA) is 185 Å². The number of esters is 6. The van der Waals surface area contributed by atoms with Gasteiger partial charge < -0.3 is 42.6 Å². The maximum atomic E-state index is 12.7. The van der Waals surface area contributed by atoms with Gasteiger partial charge in [-0.25, -0.2) is 0 Å². The highest BCUT2D eigenvalue weighted by Gasteiger charge is 2.21. The van der Waals surface area contributed by atoms with E-state index in [1.807, 2.05) is 54.6 Å². The van der Waals surface area contributed by atoms with Gasteiger partial charge in [-0.05, 0) is 146 Å². The Bertz CT molecular complexity index is 2050. The van der Waals surface area contributed by atoms with Crippen LogP contribution in [-0.4, -0.2) is 74.5 Å². The monoisotopic (exact) mass is 948 g/mol. The molecule has 0 N–H and O–H groups in total. The molecule has 3 unspecified atom stereocenters. The van der Waals surface area contributed by atoms with E-state index in [9.17, 15) is 28.8 Å². The third-order valence-electron chi connectivity index (χ3n) is 11.7. The molecule has 0 spiro atoms. The summed E-state index contributed by atoms with van der Waals surface area (Å²) < 4.78 is 49.2. The first-order chi connectivity index (χ1) is 33.6. The summed E-state index contributed by atoms with van der Waals surface area (Å²) in [7, 11) is 0. The molecule has 15 nitrogen and oxygen atoms in total. The minimum Gasteiger partial charge on any atom is -0.436 e. The zero-order valence-corrected chi connectivity index (χ0v) is 38.9. The largest absolute Gasteiger partial charge is 0.436 e. The SMILES string of the molecule is O=C(CCCC(=O)OC1CCCCO1)Oc1ccc(-c2cc(-c3ccc(OC(=O)CCCC(=O)OC4CCCCO4)cc3)cc(-c3ccc(OC(=O)CCCC(=O)OC4CCCCO4)cc3)c2)cc1. The number of ether oxygens (including phenoxy) is 9. The molecule has 0 saturated carbocycles. The zero-order chi connectivity index (χ0) is 48.2. The predicted octanol–water partition coefficient (Wildman–Crippen LogP) is 10.1. The number of rotatable bonds is 21. The Hall–Kier alpha value is -6.42. The summed E-state index contributed by atoms with van der Waals surface area (Å²) in [6, 6.07) is 27.4. The van der Waals surface area contributed by atoms with E-state index in [2.05, 4.69) is 0 Å². The van der Waals surface area contributed by atoms with Crippen LogP contribution < -0.4 is 14.2 Å². The summed E-state index contributed by atoms with van der Waals surface area (Å²) in [6.07, 6.45) is 7.41. The van der Waals surface area contributed by atoms with Gasteiger partial charge in [0.2, 0.25) is 18.9 Å². The van der Waals surface area contributed by atoms with Crippen molar-refractivity contribution in [2.24, 2.45) is 0 Å². The van der Waals surface area contributed by atoms with Crippen molar-refractivity contribution in [3.63, 3.8) is 0 Å². The van der Waals surface area contributed by atoms with Crippen molar-refractivity contribution in [1.29, 1.82) is 0 Å². The average molecular weight is 949 g/mol. The highest BCUT2D eigenvalue weighted by atomic mass is 16.7. The minimum atomic E-state index is -0.517. The van der Waals surface area contributed by atoms with Crippen LogP contribution in [0, 0.1) is 0 Å². The Kier molecular flexibility index (Phi) is 19.3. The smallest absolute Gasteiger partial charge is 0.311 e. The van der Waals surface area contributed by atoms with Gasteiger partial charge in [-0.2, -0.15) is 0 Å². The molecule has 3 aliphatic rings. The maximum Gasteiger partial charge on any atom is 0.311 e. The molecule has 3 aliphatic heterocycles. The number of carbonyl (C=O) groups is 6. The van der Waals surface area contributed by atoms with Gasteiger partial charge in [-0.1, -0.05) is 36.4 Å². The van der Waals surface area contributed by atoms with Gasteiger partial charge in [0.1, 0.15) is 17.2 Å². The van der Waals surface area contributed by atoms with Crippen molar-refractivity contribution in [3.8, 4) is 50.6 Å². The van der Waals surface area contributed by atoms with E-state index in [0.717, 1.165) is 71.9 Å². The van der Waals surface area contributed by atoms with Gasteiger partial charge in [0.25, 0.3) is 0 Å². The molecule has 3 fully saturated rings. The van der Waals surface area contributed by atoms with Crippen molar-refractivity contribution >= 4 is 35.8 Å². The summed E-state index contributed by atoms with van der Waals surface area (Å²) in [5, 5.41) is 0. The molecule has 0 amide bonds. The van der Waals surface area contributed by atoms with Crippen LogP contribution in [0.4, 0.5) is 0 Å². The lowest BCUT2D eigenvalue weighted by Gasteiger charge is -2.22. The van der Waals surface area contributed by atoms with Crippen LogP contribution in [0.15, 0.2) is 91.0 Å². The van der Waals surface area contributed by atoms with Gasteiger partial charge in [-0.3, -0.25) is 28.8 Å². The van der Waals surface area contributed by atoms with Crippen LogP contribution in [0.25, 0.3) is 33.4 Å². The normalized spacial score (nSPS) is 18.0. The van der Waals surface area contributed by atoms with Gasteiger partial charge in [-0.15, -0.1) is 0 Å². The Morgan fingerprint density at radius 2 is 0.609 bits per heavy atom. The van der Waals surface area contributed by atoms with Gasteiger partial charge in [0.05, 0.1) is 19.8 Å². The lowest BCUT2D eigenvalue weighted by Crippen LogP contribution is -2.25. The summed E-state index contributed by atoms with van der Waals surface area (Å²) in [5.41, 5.74) is 5.09. The molecule has 0 radical (unpaired) electrons. The van der Waals surface area contributed by atoms with E-state index in [1.54, 1.807) is 36.4 Å². The van der Waals surface area contributed by atoms with E-state index in [-0.39, 0.29) is 57.8 Å². The molecule has 4 aromatic carbocycles. The average Bonchev–Trinajstić information content (AvgIpc) is 3.35. The second-order valence-electron chi connectivity index (χ2n) is 17.2. The first-order valence-corrected chi connectivity index (χ1v) is 24.1. The minimum absolute atomic E-state index is 0.0453. The van der Waals surface area contributed by atoms with E-state index >= 15 is 0 Å². The van der Waals surface area contributed by atoms with Crippen molar-refractivity contribution < 1.29 is 71.4 Å². The summed E-state index contributed by atoms with van der Waals surface area (Å²) in [6.45, 7) is 1.71. The number of carbonyl (C=O) groups excluding carboxylic acids is 6. The number of hydrogen-bond acceptors (Lipinski definition) is 15. The molecule has 3 saturated heterocycles. The fraction of sp³-hybridized carbons (Fsp3) is 0.444. The molecular weight excluding hydrogens is 889 g/mol. The van der Waals surface area contributed by atoms with Crippen LogP contribution in [0.5, 0.6) is 17.2 Å². The number of hydrogen-bond donors (Lipinski definition) is 0. The van der Waals surface area contributed by atoms with E-state index in [0.29, 0.717) is 56.3 Å². The van der Waals surface area contributed by atoms with Crippen molar-refractivity contribution in [1.82, 2.24) is 0 Å². The highest BCUT2D eigenvalue weighted by molar-refractivity contribution is 5.83. The lowest BCUT2D eigenvalue weighted by atomic mass is 9.93. The molecule has 366 valence electrons. The first-order valence-electron chi connectivity index (χ1n) is 24.1. The Morgan fingerprint density at radius 3 is 0.855 bits per heavy atom. The zero-order valence-electron chi connectivity index (χ0n) is 38.9. The molecule has 15 heteroatoms. The van der Waals surface area contributed by atoms with Gasteiger partial charge in [0.15, 0.2) is 0 Å². The lowest BCUT2D eigenvalue weighted by molar-refractivity contribution is -0.187. The molecule has 7 rings (SSSR count). The second-order valence-corrected chi connectivity index (χ2v) is 17.2. The van der Waals surface area contributed by atoms with Crippen LogP contribution in [0.2, 0.25) is 0 Å². The fourth-order valence-corrected chi connectivity index (χ4v) is 7.98. The maximum absolute atomic E-state index is 12.7. The standard InChI is InChI=1S/C54H60O15/c55-46(10-7-13-49(58)67-52-16-1-4-31-61-52)64-43-25-19-37(20-26-43)40-34-41(38-21-27-44(28-22-38)65-47(56)11-8-14-50(59)68-53-17-2-5-32-62-53)36-42(35-40)39-23-29-45(30-24-39)66-48(57)12-9-15-51(60)69-54-18-3-6-33-63-54/h19-30,34-36,52-54H,1-18,31-33H2. The van der Waals surface area contributed by atoms with Crippen molar-refractivity contribution in [2.45, 2.75) is 134 Å². The molecule has 3 atom stereocenters. The third kappa shape index (κ3) is 16.9. The Morgan fingerprint density at radius 1 is 0.348 bits per heavy atom. The summed E-state index contributed by atoms with van der Waals surface area (Å²) in [5.74, 6) is -1.53. The summed E-state index contributed by atoms with van der Waals surface area (Å²) >= 11 is 0. The second kappa shape index (κ2) is 26.4. The quantitative estimate of drug-likeness (QED) is 0.0436. The molecule has 0 bridgehead atoms. The Balaban J connectivity index is 0.974. The van der Waals surface area contributed by atoms with Crippen LogP contribution >= 0.6 is 0 Å². The van der Waals surface area contributed by atoms with E-state index < -0.39 is 54.7 Å². The summed E-state index contributed by atoms with van der Waals surface area (Å²) in [4.78, 5) is 74.7. The molecule has 0 aliphatic carbocycles. The molecule has 69 heavy (non-hydrogen) atoms. The predicted molar refractivity (Wildman–Crippen MR) is 250 cm³/mol. The third-order valence-corrected chi connectivity index (χ3v) is 11.7. The fourth-order valence-electron chi connectivity index (χ4n) is 7.98. The molecular formula is C54H60O15. The first kappa shape index (κ1) is 50.5. The van der Waals surface area contributed by atoms with Crippen molar-refractivity contribution in [3.05, 3.63) is 91.0 Å². The van der Waals surface area contributed by atoms with Gasteiger partial charge in [0, 0.05) is 57.8 Å². The van der Waals surface area contributed by atoms with Crippen LogP contribution in [-0.2, 0) is 57.2 Å². The molecule has 0 aromatic heterocycles. The van der Waals surface area contributed by atoms with E-state index in [4.69, 9.17) is 42.6 Å². The van der Waals surface area contributed by atoms with Crippen molar-refractivity contribution in [2.75, 3.05) is 19.8 Å². The molecule has 4 aromatic rings. The van der Waals surface area contributed by atoms with E-state index in [1.165, 1.54) is 0 Å². The highest BCUT2D eigenvalue weighted by Crippen LogP contribution is 2.35. The Labute approximate surface area is 402 Å². The molecule has 3 heterocycles.